The Labute approximate surface area is 82.9 Å². The number of hydrogen-bond donors (Lipinski definition) is 1. The second-order valence-corrected chi connectivity index (χ2v) is 3.81. The van der Waals surface area contributed by atoms with Crippen molar-refractivity contribution in [3.63, 3.8) is 0 Å². The van der Waals surface area contributed by atoms with Crippen LogP contribution in [0.25, 0.3) is 0 Å². The highest BCUT2D eigenvalue weighted by atomic mass is 16.1. The van der Waals surface area contributed by atoms with E-state index in [0.717, 1.165) is 24.5 Å². The lowest BCUT2D eigenvalue weighted by Crippen LogP contribution is -2.21. The highest BCUT2D eigenvalue weighted by Gasteiger charge is 2.21. The van der Waals surface area contributed by atoms with Gasteiger partial charge in [-0.05, 0) is 13.0 Å². The Kier molecular flexibility index (Phi) is 2.07. The molecule has 2 heterocycles. The van der Waals surface area contributed by atoms with Gasteiger partial charge in [0.1, 0.15) is 5.82 Å². The summed E-state index contributed by atoms with van der Waals surface area (Å²) in [6.07, 6.45) is 0. The summed E-state index contributed by atoms with van der Waals surface area (Å²) >= 11 is 0. The number of aromatic nitrogens is 1. The lowest BCUT2D eigenvalue weighted by molar-refractivity contribution is 0.747. The van der Waals surface area contributed by atoms with E-state index in [2.05, 4.69) is 4.90 Å². The summed E-state index contributed by atoms with van der Waals surface area (Å²) in [6, 6.07) is 3.40. The first kappa shape index (κ1) is 9.27. The smallest absolute Gasteiger partial charge is 0.252 e. The van der Waals surface area contributed by atoms with Gasteiger partial charge in [-0.2, -0.15) is 0 Å². The molecule has 1 aromatic rings. The number of likely N-dealkylation sites (N-methyl/N-ethyl adjacent to an activating group) is 1. The number of hydrogen-bond acceptors (Lipinski definition) is 3. The quantitative estimate of drug-likeness (QED) is 0.698. The third-order valence-electron chi connectivity index (χ3n) is 2.70. The molecule has 76 valence electrons. The first-order valence-corrected chi connectivity index (χ1v) is 4.81. The monoisotopic (exact) mass is 193 g/mol. The number of nitrogens with two attached hydrogens (primary N) is 1. The van der Waals surface area contributed by atoms with Crippen molar-refractivity contribution in [1.29, 1.82) is 0 Å². The number of pyridine rings is 1. The van der Waals surface area contributed by atoms with E-state index in [1.165, 1.54) is 0 Å². The molecule has 1 aliphatic rings. The first-order chi connectivity index (χ1) is 6.61. The summed E-state index contributed by atoms with van der Waals surface area (Å²) in [7, 11) is 1.99. The fourth-order valence-electron chi connectivity index (χ4n) is 1.94. The molecule has 0 bridgehead atoms. The Morgan fingerprint density at radius 2 is 2.14 bits per heavy atom. The van der Waals surface area contributed by atoms with E-state index in [4.69, 9.17) is 5.73 Å². The van der Waals surface area contributed by atoms with Gasteiger partial charge in [-0.1, -0.05) is 0 Å². The molecule has 0 spiro atoms. The van der Waals surface area contributed by atoms with Gasteiger partial charge in [0.25, 0.3) is 5.56 Å². The second kappa shape index (κ2) is 3.13. The van der Waals surface area contributed by atoms with E-state index in [9.17, 15) is 4.79 Å². The van der Waals surface area contributed by atoms with Crippen LogP contribution in [0.2, 0.25) is 0 Å². The van der Waals surface area contributed by atoms with E-state index in [1.54, 1.807) is 10.6 Å². The molecule has 0 amide bonds. The van der Waals surface area contributed by atoms with Crippen LogP contribution >= 0.6 is 0 Å². The zero-order valence-corrected chi connectivity index (χ0v) is 8.53. The van der Waals surface area contributed by atoms with Gasteiger partial charge in [0.05, 0.1) is 0 Å². The summed E-state index contributed by atoms with van der Waals surface area (Å²) < 4.78 is 1.79. The summed E-state index contributed by atoms with van der Waals surface area (Å²) in [5.74, 6) is 0.979. The van der Waals surface area contributed by atoms with Gasteiger partial charge in [0, 0.05) is 37.8 Å². The highest BCUT2D eigenvalue weighted by Crippen LogP contribution is 2.25. The van der Waals surface area contributed by atoms with Gasteiger partial charge < -0.3 is 10.6 Å². The molecule has 0 saturated carbocycles. The topological polar surface area (TPSA) is 51.3 Å². The fraction of sp³-hybridized carbons (Fsp3) is 0.500. The zero-order chi connectivity index (χ0) is 10.3. The average molecular weight is 193 g/mol. The van der Waals surface area contributed by atoms with Gasteiger partial charge >= 0.3 is 0 Å². The van der Waals surface area contributed by atoms with Crippen molar-refractivity contribution in [2.24, 2.45) is 5.73 Å². The molecular weight excluding hydrogens is 178 g/mol. The molecule has 0 radical (unpaired) electrons. The van der Waals surface area contributed by atoms with Gasteiger partial charge in [-0.3, -0.25) is 9.36 Å². The van der Waals surface area contributed by atoms with Crippen molar-refractivity contribution in [2.75, 3.05) is 18.5 Å². The van der Waals surface area contributed by atoms with Gasteiger partial charge in [-0.25, -0.2) is 0 Å². The van der Waals surface area contributed by atoms with Crippen LogP contribution in [0.4, 0.5) is 5.82 Å². The minimum absolute atomic E-state index is 0.0302. The third-order valence-corrected chi connectivity index (χ3v) is 2.70. The predicted molar refractivity (Wildman–Crippen MR) is 56.6 cm³/mol. The molecule has 4 heteroatoms. The molecular formula is C10H15N3O. The average Bonchev–Trinajstić information content (AvgIpc) is 2.50. The number of anilines is 1. The molecule has 2 N–H and O–H groups in total. The minimum atomic E-state index is -0.0302. The van der Waals surface area contributed by atoms with Crippen molar-refractivity contribution in [1.82, 2.24) is 4.57 Å². The Morgan fingerprint density at radius 3 is 2.79 bits per heavy atom. The Morgan fingerprint density at radius 1 is 1.43 bits per heavy atom. The largest absolute Gasteiger partial charge is 0.359 e. The lowest BCUT2D eigenvalue weighted by Gasteiger charge is -2.17. The SMILES string of the molecule is CC(N)c1ccc(=O)n2c1N(C)CC2. The van der Waals surface area contributed by atoms with Crippen LogP contribution in [0.1, 0.15) is 18.5 Å². The van der Waals surface area contributed by atoms with Gasteiger partial charge in [-0.15, -0.1) is 0 Å². The molecule has 14 heavy (non-hydrogen) atoms. The van der Waals surface area contributed by atoms with Gasteiger partial charge in [0.2, 0.25) is 0 Å². The van der Waals surface area contributed by atoms with Crippen molar-refractivity contribution >= 4 is 5.82 Å². The summed E-state index contributed by atoms with van der Waals surface area (Å²) in [5.41, 5.74) is 6.97. The van der Waals surface area contributed by atoms with Crippen LogP contribution in [-0.4, -0.2) is 18.2 Å². The Bertz CT molecular complexity index is 408. The number of nitrogens with zero attached hydrogens (tertiary/aromatic N) is 2. The van der Waals surface area contributed by atoms with Crippen LogP contribution in [-0.2, 0) is 6.54 Å². The standard InChI is InChI=1S/C10H15N3O/c1-7(11)8-3-4-9(14)13-6-5-12(2)10(8)13/h3-4,7H,5-6,11H2,1-2H3. The normalized spacial score (nSPS) is 16.9. The summed E-state index contributed by atoms with van der Waals surface area (Å²) in [4.78, 5) is 13.6. The zero-order valence-electron chi connectivity index (χ0n) is 8.53. The molecule has 1 aliphatic heterocycles. The maximum atomic E-state index is 11.5. The van der Waals surface area contributed by atoms with E-state index >= 15 is 0 Å². The second-order valence-electron chi connectivity index (χ2n) is 3.81. The molecule has 1 unspecified atom stereocenters. The van der Waals surface area contributed by atoms with Crippen LogP contribution in [0.3, 0.4) is 0 Å². The molecule has 0 aliphatic carbocycles. The summed E-state index contributed by atoms with van der Waals surface area (Å²) in [5, 5.41) is 0. The molecule has 2 rings (SSSR count). The van der Waals surface area contributed by atoms with Crippen LogP contribution in [0.15, 0.2) is 16.9 Å². The van der Waals surface area contributed by atoms with Crippen molar-refractivity contribution < 1.29 is 0 Å². The molecule has 0 saturated heterocycles. The minimum Gasteiger partial charge on any atom is -0.359 e. The highest BCUT2D eigenvalue weighted by molar-refractivity contribution is 5.51. The lowest BCUT2D eigenvalue weighted by atomic mass is 10.1. The number of fused-ring (bicyclic) bond motifs is 1. The Balaban J connectivity index is 2.66. The van der Waals surface area contributed by atoms with E-state index in [0.29, 0.717) is 0 Å². The number of rotatable bonds is 1. The maximum absolute atomic E-state index is 11.5. The van der Waals surface area contributed by atoms with Gasteiger partial charge in [0.15, 0.2) is 0 Å². The molecule has 4 nitrogen and oxygen atoms in total. The molecule has 1 atom stereocenters. The molecule has 0 aromatic carbocycles. The van der Waals surface area contributed by atoms with Crippen molar-refractivity contribution in [3.05, 3.63) is 28.0 Å². The predicted octanol–water partition coefficient (Wildman–Crippen LogP) is 0.318. The third kappa shape index (κ3) is 1.23. The van der Waals surface area contributed by atoms with Crippen LogP contribution < -0.4 is 16.2 Å². The Hall–Kier alpha value is -1.29. The van der Waals surface area contributed by atoms with Crippen molar-refractivity contribution in [3.8, 4) is 0 Å². The molecule has 0 fully saturated rings. The van der Waals surface area contributed by atoms with Crippen molar-refractivity contribution in [2.45, 2.75) is 19.5 Å². The van der Waals surface area contributed by atoms with E-state index in [-0.39, 0.29) is 11.6 Å². The van der Waals surface area contributed by atoms with Crippen LogP contribution in [0.5, 0.6) is 0 Å². The maximum Gasteiger partial charge on any atom is 0.252 e. The van der Waals surface area contributed by atoms with E-state index in [1.807, 2.05) is 20.0 Å². The first-order valence-electron chi connectivity index (χ1n) is 4.81. The summed E-state index contributed by atoms with van der Waals surface area (Å²) in [6.45, 7) is 3.59. The molecule has 1 aromatic heterocycles. The van der Waals surface area contributed by atoms with E-state index < -0.39 is 0 Å². The fourth-order valence-corrected chi connectivity index (χ4v) is 1.94. The van der Waals surface area contributed by atoms with Crippen LogP contribution in [0, 0.1) is 0 Å².